The zero-order valence-electron chi connectivity index (χ0n) is 14.3. The number of nitrogens with one attached hydrogen (secondary N) is 1. The minimum Gasteiger partial charge on any atom is -0.348 e. The quantitative estimate of drug-likeness (QED) is 0.859. The second-order valence-electron chi connectivity index (χ2n) is 6.89. The third-order valence-electron chi connectivity index (χ3n) is 5.07. The van der Waals surface area contributed by atoms with Gasteiger partial charge >= 0.3 is 0 Å². The van der Waals surface area contributed by atoms with Gasteiger partial charge in [-0.3, -0.25) is 14.3 Å². The van der Waals surface area contributed by atoms with Crippen molar-refractivity contribution in [2.75, 3.05) is 13.1 Å². The summed E-state index contributed by atoms with van der Waals surface area (Å²) in [6.07, 6.45) is 9.59. The minimum absolute atomic E-state index is 0.000183. The van der Waals surface area contributed by atoms with E-state index in [1.165, 1.54) is 18.9 Å². The van der Waals surface area contributed by atoms with Crippen LogP contribution in [0.4, 0.5) is 0 Å². The van der Waals surface area contributed by atoms with Crippen molar-refractivity contribution < 1.29 is 9.59 Å². The number of rotatable bonds is 4. The van der Waals surface area contributed by atoms with E-state index in [0.717, 1.165) is 43.5 Å². The van der Waals surface area contributed by atoms with Crippen molar-refractivity contribution in [1.29, 1.82) is 0 Å². The van der Waals surface area contributed by atoms with Gasteiger partial charge in [0.05, 0.1) is 11.3 Å². The summed E-state index contributed by atoms with van der Waals surface area (Å²) in [5.41, 5.74) is 1.69. The molecule has 3 rings (SSSR count). The SMILES string of the molecule is C=CC(=O)N[C@@H]1CCCN(C(=O)c2cn(C)nc2C2CCCC2)C1. The average Bonchev–Trinajstić information content (AvgIpc) is 3.23. The maximum atomic E-state index is 13.0. The molecular weight excluding hydrogens is 304 g/mol. The molecule has 2 fully saturated rings. The highest BCUT2D eigenvalue weighted by Gasteiger charge is 2.30. The van der Waals surface area contributed by atoms with Crippen LogP contribution < -0.4 is 5.32 Å². The Morgan fingerprint density at radius 3 is 2.75 bits per heavy atom. The number of carbonyl (C=O) groups is 2. The van der Waals surface area contributed by atoms with Crippen LogP contribution in [-0.2, 0) is 11.8 Å². The molecule has 0 unspecified atom stereocenters. The molecule has 0 radical (unpaired) electrons. The van der Waals surface area contributed by atoms with Gasteiger partial charge < -0.3 is 10.2 Å². The second-order valence-corrected chi connectivity index (χ2v) is 6.89. The summed E-state index contributed by atoms with van der Waals surface area (Å²) in [6, 6.07) is -0.000183. The van der Waals surface area contributed by atoms with Gasteiger partial charge in [-0.2, -0.15) is 5.10 Å². The van der Waals surface area contributed by atoms with Crippen molar-refractivity contribution in [2.24, 2.45) is 7.05 Å². The van der Waals surface area contributed by atoms with E-state index in [2.05, 4.69) is 17.0 Å². The highest BCUT2D eigenvalue weighted by atomic mass is 16.2. The lowest BCUT2D eigenvalue weighted by Crippen LogP contribution is -2.49. The predicted octanol–water partition coefficient (Wildman–Crippen LogP) is 1.98. The lowest BCUT2D eigenvalue weighted by atomic mass is 9.98. The molecule has 0 spiro atoms. The summed E-state index contributed by atoms with van der Waals surface area (Å²) >= 11 is 0. The number of piperidine rings is 1. The first-order valence-electron chi connectivity index (χ1n) is 8.84. The highest BCUT2D eigenvalue weighted by Crippen LogP contribution is 2.35. The summed E-state index contributed by atoms with van der Waals surface area (Å²) in [6.45, 7) is 4.77. The van der Waals surface area contributed by atoms with Gasteiger partial charge in [0.25, 0.3) is 5.91 Å². The molecule has 0 aromatic carbocycles. The zero-order chi connectivity index (χ0) is 17.1. The number of amides is 2. The minimum atomic E-state index is -0.178. The molecule has 1 N–H and O–H groups in total. The summed E-state index contributed by atoms with van der Waals surface area (Å²) < 4.78 is 1.75. The van der Waals surface area contributed by atoms with Crippen molar-refractivity contribution in [2.45, 2.75) is 50.5 Å². The summed E-state index contributed by atoms with van der Waals surface area (Å²) in [4.78, 5) is 26.4. The van der Waals surface area contributed by atoms with Gasteiger partial charge in [-0.15, -0.1) is 0 Å². The molecule has 2 heterocycles. The maximum Gasteiger partial charge on any atom is 0.257 e. The molecule has 1 aliphatic heterocycles. The number of carbonyl (C=O) groups excluding carboxylic acids is 2. The lowest BCUT2D eigenvalue weighted by molar-refractivity contribution is -0.117. The van der Waals surface area contributed by atoms with E-state index in [1.807, 2.05) is 18.1 Å². The van der Waals surface area contributed by atoms with Crippen LogP contribution >= 0.6 is 0 Å². The fraction of sp³-hybridized carbons (Fsp3) is 0.611. The molecule has 2 amide bonds. The Hall–Kier alpha value is -2.11. The number of hydrogen-bond donors (Lipinski definition) is 1. The molecule has 1 saturated heterocycles. The molecule has 1 aromatic rings. The van der Waals surface area contributed by atoms with Crippen LogP contribution in [0.1, 0.15) is 60.5 Å². The topological polar surface area (TPSA) is 67.2 Å². The molecule has 1 saturated carbocycles. The molecule has 1 aliphatic carbocycles. The van der Waals surface area contributed by atoms with Crippen LogP contribution in [0.5, 0.6) is 0 Å². The van der Waals surface area contributed by atoms with Gasteiger partial charge in [0.1, 0.15) is 0 Å². The van der Waals surface area contributed by atoms with E-state index in [4.69, 9.17) is 0 Å². The average molecular weight is 330 g/mol. The number of aromatic nitrogens is 2. The predicted molar refractivity (Wildman–Crippen MR) is 91.7 cm³/mol. The fourth-order valence-corrected chi connectivity index (χ4v) is 3.88. The van der Waals surface area contributed by atoms with E-state index >= 15 is 0 Å². The maximum absolute atomic E-state index is 13.0. The highest BCUT2D eigenvalue weighted by molar-refractivity contribution is 5.95. The number of hydrogen-bond acceptors (Lipinski definition) is 3. The fourth-order valence-electron chi connectivity index (χ4n) is 3.88. The van der Waals surface area contributed by atoms with Crippen LogP contribution in [0.3, 0.4) is 0 Å². The molecule has 6 heteroatoms. The first kappa shape index (κ1) is 16.7. The van der Waals surface area contributed by atoms with Crippen molar-refractivity contribution in [3.63, 3.8) is 0 Å². The number of likely N-dealkylation sites (tertiary alicyclic amines) is 1. The van der Waals surface area contributed by atoms with Crippen molar-refractivity contribution in [3.8, 4) is 0 Å². The molecule has 0 bridgehead atoms. The Balaban J connectivity index is 1.74. The van der Waals surface area contributed by atoms with E-state index in [-0.39, 0.29) is 17.9 Å². The molecule has 2 aliphatic rings. The van der Waals surface area contributed by atoms with Crippen LogP contribution in [0.25, 0.3) is 0 Å². The van der Waals surface area contributed by atoms with Crippen LogP contribution in [0.15, 0.2) is 18.9 Å². The lowest BCUT2D eigenvalue weighted by Gasteiger charge is -2.33. The summed E-state index contributed by atoms with van der Waals surface area (Å²) in [5, 5.41) is 7.48. The van der Waals surface area contributed by atoms with Crippen molar-refractivity contribution >= 4 is 11.8 Å². The van der Waals surface area contributed by atoms with Crippen LogP contribution in [0, 0.1) is 0 Å². The monoisotopic (exact) mass is 330 g/mol. The van der Waals surface area contributed by atoms with Gasteiger partial charge in [0, 0.05) is 38.3 Å². The largest absolute Gasteiger partial charge is 0.348 e. The number of aryl methyl sites for hydroxylation is 1. The molecule has 1 aromatic heterocycles. The Morgan fingerprint density at radius 2 is 2.04 bits per heavy atom. The number of nitrogens with zero attached hydrogens (tertiary/aromatic N) is 3. The second kappa shape index (κ2) is 7.20. The molecular formula is C18H26N4O2. The van der Waals surface area contributed by atoms with Crippen LogP contribution in [-0.4, -0.2) is 45.6 Å². The Bertz CT molecular complexity index is 631. The van der Waals surface area contributed by atoms with Gasteiger partial charge in [-0.05, 0) is 31.8 Å². The molecule has 1 atom stereocenters. The van der Waals surface area contributed by atoms with E-state index < -0.39 is 0 Å². The molecule has 24 heavy (non-hydrogen) atoms. The van der Waals surface area contributed by atoms with Crippen molar-refractivity contribution in [1.82, 2.24) is 20.0 Å². The van der Waals surface area contributed by atoms with E-state index in [0.29, 0.717) is 12.5 Å². The van der Waals surface area contributed by atoms with Gasteiger partial charge in [0.2, 0.25) is 5.91 Å². The van der Waals surface area contributed by atoms with E-state index in [9.17, 15) is 9.59 Å². The zero-order valence-corrected chi connectivity index (χ0v) is 14.3. The normalized spacial score (nSPS) is 21.7. The smallest absolute Gasteiger partial charge is 0.257 e. The Morgan fingerprint density at radius 1 is 1.29 bits per heavy atom. The summed E-state index contributed by atoms with van der Waals surface area (Å²) in [7, 11) is 1.87. The third kappa shape index (κ3) is 3.52. The first-order valence-corrected chi connectivity index (χ1v) is 8.84. The van der Waals surface area contributed by atoms with Gasteiger partial charge in [-0.1, -0.05) is 19.4 Å². The first-order chi connectivity index (χ1) is 11.6. The van der Waals surface area contributed by atoms with E-state index in [1.54, 1.807) is 4.68 Å². The van der Waals surface area contributed by atoms with Crippen molar-refractivity contribution in [3.05, 3.63) is 30.1 Å². The van der Waals surface area contributed by atoms with Crippen LogP contribution in [0.2, 0.25) is 0 Å². The Labute approximate surface area is 142 Å². The van der Waals surface area contributed by atoms with Gasteiger partial charge in [-0.25, -0.2) is 0 Å². The van der Waals surface area contributed by atoms with Gasteiger partial charge in [0.15, 0.2) is 0 Å². The Kier molecular flexibility index (Phi) is 5.02. The summed E-state index contributed by atoms with van der Waals surface area (Å²) in [5.74, 6) is 0.274. The molecule has 130 valence electrons. The third-order valence-corrected chi connectivity index (χ3v) is 5.07. The molecule has 6 nitrogen and oxygen atoms in total. The standard InChI is InChI=1S/C18H26N4O2/c1-3-16(23)19-14-9-6-10-22(11-14)18(24)15-12-21(2)20-17(15)13-7-4-5-8-13/h3,12-14H,1,4-11H2,2H3,(H,19,23)/t14-/m1/s1.